The van der Waals surface area contributed by atoms with Gasteiger partial charge in [0.05, 0.1) is 5.41 Å². The van der Waals surface area contributed by atoms with Crippen molar-refractivity contribution in [3.63, 3.8) is 0 Å². The Balaban J connectivity index is 0.00000220. The van der Waals surface area contributed by atoms with Crippen molar-refractivity contribution < 1.29 is 9.59 Å². The number of hydrogen-bond donors (Lipinski definition) is 3. The monoisotopic (exact) mass is 311 g/mol. The molecule has 1 fully saturated rings. The van der Waals surface area contributed by atoms with Gasteiger partial charge in [-0.25, -0.2) is 0 Å². The number of rotatable bonds is 3. The van der Waals surface area contributed by atoms with Gasteiger partial charge in [-0.2, -0.15) is 0 Å². The quantitative estimate of drug-likeness (QED) is 0.796. The summed E-state index contributed by atoms with van der Waals surface area (Å²) in [5.74, 6) is -0.146. The SMILES string of the molecule is CNC(=O)c1cccc(NC(=O)C2(C)CCNC2)c1C.Cl. The van der Waals surface area contributed by atoms with E-state index >= 15 is 0 Å². The fourth-order valence-electron chi connectivity index (χ4n) is 2.44. The van der Waals surface area contributed by atoms with Gasteiger partial charge < -0.3 is 16.0 Å². The highest BCUT2D eigenvalue weighted by Crippen LogP contribution is 2.28. The topological polar surface area (TPSA) is 70.2 Å². The first-order chi connectivity index (χ1) is 9.48. The molecule has 1 saturated heterocycles. The van der Waals surface area contributed by atoms with E-state index in [2.05, 4.69) is 16.0 Å². The van der Waals surface area contributed by atoms with Gasteiger partial charge in [0.25, 0.3) is 5.91 Å². The molecule has 5 nitrogen and oxygen atoms in total. The van der Waals surface area contributed by atoms with Gasteiger partial charge in [-0.1, -0.05) is 6.07 Å². The fourth-order valence-corrected chi connectivity index (χ4v) is 2.44. The second-order valence-electron chi connectivity index (χ2n) is 5.50. The Labute approximate surface area is 131 Å². The summed E-state index contributed by atoms with van der Waals surface area (Å²) >= 11 is 0. The minimum atomic E-state index is -0.380. The van der Waals surface area contributed by atoms with Gasteiger partial charge in [-0.05, 0) is 44.5 Å². The van der Waals surface area contributed by atoms with Crippen molar-refractivity contribution in [2.24, 2.45) is 5.41 Å². The molecule has 21 heavy (non-hydrogen) atoms. The predicted octanol–water partition coefficient (Wildman–Crippen LogP) is 1.71. The molecule has 1 unspecified atom stereocenters. The maximum absolute atomic E-state index is 12.4. The Morgan fingerprint density at radius 3 is 2.62 bits per heavy atom. The molecule has 2 amide bonds. The average Bonchev–Trinajstić information content (AvgIpc) is 2.88. The highest BCUT2D eigenvalue weighted by Gasteiger charge is 2.36. The van der Waals surface area contributed by atoms with E-state index in [-0.39, 0.29) is 29.6 Å². The molecular formula is C15H22ClN3O2. The van der Waals surface area contributed by atoms with E-state index in [1.165, 1.54) is 0 Å². The molecule has 6 heteroatoms. The lowest BCUT2D eigenvalue weighted by Gasteiger charge is -2.22. The molecule has 0 radical (unpaired) electrons. The van der Waals surface area contributed by atoms with Crippen LogP contribution in [0.3, 0.4) is 0 Å². The van der Waals surface area contributed by atoms with E-state index in [1.807, 2.05) is 19.9 Å². The lowest BCUT2D eigenvalue weighted by atomic mass is 9.88. The number of anilines is 1. The number of nitrogens with one attached hydrogen (secondary N) is 3. The highest BCUT2D eigenvalue weighted by molar-refractivity contribution is 6.00. The zero-order valence-electron chi connectivity index (χ0n) is 12.6. The van der Waals surface area contributed by atoms with Crippen LogP contribution in [0.2, 0.25) is 0 Å². The number of benzene rings is 1. The molecule has 1 aliphatic rings. The second kappa shape index (κ2) is 6.91. The first-order valence-corrected chi connectivity index (χ1v) is 6.82. The molecule has 2 rings (SSSR count). The van der Waals surface area contributed by atoms with Crippen molar-refractivity contribution >= 4 is 29.9 Å². The third-order valence-electron chi connectivity index (χ3n) is 3.97. The van der Waals surface area contributed by atoms with Crippen LogP contribution < -0.4 is 16.0 Å². The smallest absolute Gasteiger partial charge is 0.251 e. The minimum Gasteiger partial charge on any atom is -0.355 e. The number of carbonyl (C=O) groups is 2. The largest absolute Gasteiger partial charge is 0.355 e. The van der Waals surface area contributed by atoms with E-state index in [0.717, 1.165) is 18.5 Å². The van der Waals surface area contributed by atoms with Crippen LogP contribution in [0.15, 0.2) is 18.2 Å². The zero-order valence-corrected chi connectivity index (χ0v) is 13.4. The molecule has 0 bridgehead atoms. The predicted molar refractivity (Wildman–Crippen MR) is 86.0 cm³/mol. The maximum atomic E-state index is 12.4. The van der Waals surface area contributed by atoms with E-state index < -0.39 is 0 Å². The third-order valence-corrected chi connectivity index (χ3v) is 3.97. The number of halogens is 1. The summed E-state index contributed by atoms with van der Waals surface area (Å²) < 4.78 is 0. The number of carbonyl (C=O) groups excluding carboxylic acids is 2. The first-order valence-electron chi connectivity index (χ1n) is 6.82. The van der Waals surface area contributed by atoms with E-state index in [4.69, 9.17) is 0 Å². The van der Waals surface area contributed by atoms with Gasteiger partial charge in [-0.3, -0.25) is 9.59 Å². The van der Waals surface area contributed by atoms with Crippen LogP contribution in [-0.4, -0.2) is 32.0 Å². The molecule has 1 aliphatic heterocycles. The number of amides is 2. The Hall–Kier alpha value is -1.59. The maximum Gasteiger partial charge on any atom is 0.251 e. The summed E-state index contributed by atoms with van der Waals surface area (Å²) in [4.78, 5) is 24.1. The van der Waals surface area contributed by atoms with Crippen LogP contribution in [0.5, 0.6) is 0 Å². The van der Waals surface area contributed by atoms with E-state index in [0.29, 0.717) is 17.8 Å². The number of hydrogen-bond acceptors (Lipinski definition) is 3. The Bertz CT molecular complexity index is 540. The Kier molecular flexibility index (Phi) is 5.75. The van der Waals surface area contributed by atoms with Crippen LogP contribution >= 0.6 is 12.4 Å². The highest BCUT2D eigenvalue weighted by atomic mass is 35.5. The summed E-state index contributed by atoms with van der Waals surface area (Å²) in [6.07, 6.45) is 0.826. The van der Waals surface area contributed by atoms with Gasteiger partial charge in [0.15, 0.2) is 0 Å². The van der Waals surface area contributed by atoms with Gasteiger partial charge in [0.1, 0.15) is 0 Å². The molecule has 1 aromatic carbocycles. The Morgan fingerprint density at radius 2 is 2.05 bits per heavy atom. The van der Waals surface area contributed by atoms with Crippen LogP contribution in [0.4, 0.5) is 5.69 Å². The van der Waals surface area contributed by atoms with Crippen LogP contribution in [0.1, 0.15) is 29.3 Å². The molecule has 0 aromatic heterocycles. The summed E-state index contributed by atoms with van der Waals surface area (Å²) in [6, 6.07) is 5.36. The summed E-state index contributed by atoms with van der Waals surface area (Å²) in [7, 11) is 1.60. The third kappa shape index (κ3) is 3.54. The average molecular weight is 312 g/mol. The van der Waals surface area contributed by atoms with E-state index in [9.17, 15) is 9.59 Å². The summed E-state index contributed by atoms with van der Waals surface area (Å²) in [5.41, 5.74) is 1.69. The molecule has 1 atom stereocenters. The van der Waals surface area contributed by atoms with Crippen LogP contribution in [0, 0.1) is 12.3 Å². The standard InChI is InChI=1S/C15H21N3O2.ClH/c1-10-11(13(19)16-3)5-4-6-12(10)18-14(20)15(2)7-8-17-9-15;/h4-6,17H,7-9H2,1-3H3,(H,16,19)(H,18,20);1H. The first kappa shape index (κ1) is 17.5. The van der Waals surface area contributed by atoms with E-state index in [1.54, 1.807) is 19.2 Å². The van der Waals surface area contributed by atoms with Gasteiger partial charge in [0.2, 0.25) is 5.91 Å². The molecule has 1 heterocycles. The minimum absolute atomic E-state index is 0. The molecule has 116 valence electrons. The van der Waals surface area contributed by atoms with Gasteiger partial charge >= 0.3 is 0 Å². The molecule has 0 aliphatic carbocycles. The zero-order chi connectivity index (χ0) is 14.8. The second-order valence-corrected chi connectivity index (χ2v) is 5.50. The van der Waals surface area contributed by atoms with Crippen molar-refractivity contribution in [2.45, 2.75) is 20.3 Å². The Morgan fingerprint density at radius 1 is 1.33 bits per heavy atom. The fraction of sp³-hybridized carbons (Fsp3) is 0.467. The normalized spacial score (nSPS) is 20.5. The van der Waals surface area contributed by atoms with Crippen LogP contribution in [-0.2, 0) is 4.79 Å². The van der Waals surface area contributed by atoms with Crippen molar-refractivity contribution in [1.29, 1.82) is 0 Å². The van der Waals surface area contributed by atoms with Crippen molar-refractivity contribution in [3.8, 4) is 0 Å². The van der Waals surface area contributed by atoms with Crippen molar-refractivity contribution in [1.82, 2.24) is 10.6 Å². The molecule has 0 saturated carbocycles. The molecule has 3 N–H and O–H groups in total. The van der Waals surface area contributed by atoms with Crippen molar-refractivity contribution in [3.05, 3.63) is 29.3 Å². The summed E-state index contributed by atoms with van der Waals surface area (Å²) in [5, 5.41) is 8.76. The molecule has 1 aromatic rings. The molecular weight excluding hydrogens is 290 g/mol. The van der Waals surface area contributed by atoms with Crippen LogP contribution in [0.25, 0.3) is 0 Å². The molecule has 0 spiro atoms. The lowest BCUT2D eigenvalue weighted by molar-refractivity contribution is -0.123. The van der Waals surface area contributed by atoms with Gasteiger partial charge in [-0.15, -0.1) is 12.4 Å². The van der Waals surface area contributed by atoms with Gasteiger partial charge in [0, 0.05) is 24.8 Å². The van der Waals surface area contributed by atoms with Crippen molar-refractivity contribution in [2.75, 3.05) is 25.5 Å². The lowest BCUT2D eigenvalue weighted by Crippen LogP contribution is -2.35. The summed E-state index contributed by atoms with van der Waals surface area (Å²) in [6.45, 7) is 5.35.